The SMILES string of the molecule is N#Cc1cc2c(cc1C#N)NC1(CCOCC1)C(=NCc1cccc(Cl)c1)N2. The maximum Gasteiger partial charge on any atom is 0.127 e. The number of rotatable bonds is 2. The van der Waals surface area contributed by atoms with E-state index in [9.17, 15) is 10.5 Å². The van der Waals surface area contributed by atoms with Crippen LogP contribution in [0.3, 0.4) is 0 Å². The van der Waals surface area contributed by atoms with Gasteiger partial charge in [-0.25, -0.2) is 0 Å². The van der Waals surface area contributed by atoms with Crippen molar-refractivity contribution in [3.05, 3.63) is 58.1 Å². The summed E-state index contributed by atoms with van der Waals surface area (Å²) < 4.78 is 5.56. The second-order valence-electron chi connectivity index (χ2n) is 6.91. The van der Waals surface area contributed by atoms with E-state index in [-0.39, 0.29) is 5.54 Å². The summed E-state index contributed by atoms with van der Waals surface area (Å²) in [6.07, 6.45) is 1.52. The number of nitrogens with zero attached hydrogens (tertiary/aromatic N) is 3. The Labute approximate surface area is 168 Å². The Hall–Kier alpha value is -3.06. The fourth-order valence-corrected chi connectivity index (χ4v) is 3.85. The van der Waals surface area contributed by atoms with Crippen LogP contribution >= 0.6 is 11.6 Å². The second kappa shape index (κ2) is 7.52. The second-order valence-corrected chi connectivity index (χ2v) is 7.34. The minimum Gasteiger partial charge on any atom is -0.381 e. The van der Waals surface area contributed by atoms with Gasteiger partial charge in [0, 0.05) is 31.1 Å². The van der Waals surface area contributed by atoms with Crippen molar-refractivity contribution in [2.45, 2.75) is 24.9 Å². The van der Waals surface area contributed by atoms with E-state index in [2.05, 4.69) is 22.8 Å². The Bertz CT molecular complexity index is 1030. The van der Waals surface area contributed by atoms with Gasteiger partial charge in [0.15, 0.2) is 0 Å². The molecule has 2 heterocycles. The third kappa shape index (κ3) is 3.41. The first-order valence-electron chi connectivity index (χ1n) is 9.04. The molecule has 0 bridgehead atoms. The number of hydrogen-bond donors (Lipinski definition) is 2. The lowest BCUT2D eigenvalue weighted by Gasteiger charge is -2.43. The summed E-state index contributed by atoms with van der Waals surface area (Å²) in [6, 6.07) is 15.2. The van der Waals surface area contributed by atoms with Gasteiger partial charge in [0.05, 0.1) is 34.6 Å². The first-order chi connectivity index (χ1) is 13.6. The maximum absolute atomic E-state index is 9.33. The highest BCUT2D eigenvalue weighted by molar-refractivity contribution is 6.30. The molecular formula is C21H18ClN5O. The van der Waals surface area contributed by atoms with Crippen molar-refractivity contribution in [3.63, 3.8) is 0 Å². The standard InChI is InChI=1S/C21H18ClN5O/c22-17-3-1-2-14(8-17)13-25-20-21(4-6-28-7-5-21)27-19-10-16(12-24)15(11-23)9-18(19)26-20/h1-3,8-10,27H,4-7,13H2,(H,25,26). The fourth-order valence-electron chi connectivity index (χ4n) is 3.63. The molecule has 7 heteroatoms. The van der Waals surface area contributed by atoms with Crippen LogP contribution in [-0.4, -0.2) is 24.6 Å². The van der Waals surface area contributed by atoms with Crippen LogP contribution in [0.2, 0.25) is 5.02 Å². The van der Waals surface area contributed by atoms with Crippen LogP contribution in [0.4, 0.5) is 11.4 Å². The lowest BCUT2D eigenvalue weighted by molar-refractivity contribution is 0.0778. The number of aliphatic imine (C=N–C) groups is 1. The molecule has 0 amide bonds. The summed E-state index contributed by atoms with van der Waals surface area (Å²) in [6.45, 7) is 1.74. The Kier molecular flexibility index (Phi) is 4.92. The first-order valence-corrected chi connectivity index (χ1v) is 9.42. The van der Waals surface area contributed by atoms with Crippen molar-refractivity contribution in [3.8, 4) is 12.1 Å². The average molecular weight is 392 g/mol. The van der Waals surface area contributed by atoms with E-state index in [1.807, 2.05) is 24.3 Å². The molecule has 0 aliphatic carbocycles. The van der Waals surface area contributed by atoms with Crippen molar-refractivity contribution in [1.29, 1.82) is 10.5 Å². The largest absolute Gasteiger partial charge is 0.381 e. The third-order valence-corrected chi connectivity index (χ3v) is 5.37. The summed E-state index contributed by atoms with van der Waals surface area (Å²) in [7, 11) is 0. The van der Waals surface area contributed by atoms with Gasteiger partial charge in [0.25, 0.3) is 0 Å². The smallest absolute Gasteiger partial charge is 0.127 e. The molecule has 1 spiro atoms. The highest BCUT2D eigenvalue weighted by Gasteiger charge is 2.41. The Balaban J connectivity index is 1.73. The monoisotopic (exact) mass is 391 g/mol. The molecular weight excluding hydrogens is 374 g/mol. The number of hydrogen-bond acceptors (Lipinski definition) is 5. The van der Waals surface area contributed by atoms with Crippen LogP contribution in [0.25, 0.3) is 0 Å². The molecule has 2 aromatic rings. The predicted molar refractivity (Wildman–Crippen MR) is 108 cm³/mol. The number of ether oxygens (including phenoxy) is 1. The average Bonchev–Trinajstić information content (AvgIpc) is 2.72. The van der Waals surface area contributed by atoms with Crippen LogP contribution in [0.1, 0.15) is 29.5 Å². The Morgan fingerprint density at radius 1 is 1.07 bits per heavy atom. The van der Waals surface area contributed by atoms with Gasteiger partial charge in [-0.3, -0.25) is 4.99 Å². The van der Waals surface area contributed by atoms with Crippen LogP contribution < -0.4 is 10.6 Å². The Morgan fingerprint density at radius 2 is 1.79 bits per heavy atom. The zero-order valence-corrected chi connectivity index (χ0v) is 15.9. The molecule has 0 saturated carbocycles. The molecule has 0 atom stereocenters. The van der Waals surface area contributed by atoms with Crippen LogP contribution in [0.5, 0.6) is 0 Å². The zero-order valence-electron chi connectivity index (χ0n) is 15.1. The van der Waals surface area contributed by atoms with Crippen LogP contribution in [0.15, 0.2) is 41.4 Å². The molecule has 0 radical (unpaired) electrons. The molecule has 2 aliphatic rings. The van der Waals surface area contributed by atoms with E-state index < -0.39 is 0 Å². The highest BCUT2D eigenvalue weighted by Crippen LogP contribution is 2.38. The molecule has 2 aliphatic heterocycles. The van der Waals surface area contributed by atoms with Crippen LogP contribution in [0, 0.1) is 22.7 Å². The van der Waals surface area contributed by atoms with Gasteiger partial charge in [0.1, 0.15) is 18.0 Å². The molecule has 2 N–H and O–H groups in total. The van der Waals surface area contributed by atoms with E-state index in [0.29, 0.717) is 35.9 Å². The molecule has 140 valence electrons. The lowest BCUT2D eigenvalue weighted by Crippen LogP contribution is -2.55. The van der Waals surface area contributed by atoms with E-state index in [4.69, 9.17) is 21.3 Å². The molecule has 0 unspecified atom stereocenters. The Morgan fingerprint density at radius 3 is 2.46 bits per heavy atom. The van der Waals surface area contributed by atoms with Gasteiger partial charge in [-0.05, 0) is 29.8 Å². The maximum atomic E-state index is 9.33. The summed E-state index contributed by atoms with van der Waals surface area (Å²) >= 11 is 6.09. The minimum atomic E-state index is -0.384. The van der Waals surface area contributed by atoms with E-state index >= 15 is 0 Å². The van der Waals surface area contributed by atoms with Gasteiger partial charge < -0.3 is 15.4 Å². The summed E-state index contributed by atoms with van der Waals surface area (Å²) in [5.41, 5.74) is 2.89. The van der Waals surface area contributed by atoms with Gasteiger partial charge in [-0.2, -0.15) is 10.5 Å². The topological polar surface area (TPSA) is 93.2 Å². The van der Waals surface area contributed by atoms with E-state index in [1.165, 1.54) is 0 Å². The molecule has 1 saturated heterocycles. The van der Waals surface area contributed by atoms with Crippen molar-refractivity contribution in [2.24, 2.45) is 4.99 Å². The van der Waals surface area contributed by atoms with Gasteiger partial charge in [-0.15, -0.1) is 0 Å². The first kappa shape index (κ1) is 18.3. The predicted octanol–water partition coefficient (Wildman–Crippen LogP) is 4.07. The number of nitriles is 2. The number of benzene rings is 2. The third-order valence-electron chi connectivity index (χ3n) is 5.13. The van der Waals surface area contributed by atoms with E-state index in [1.54, 1.807) is 12.1 Å². The summed E-state index contributed by atoms with van der Waals surface area (Å²) in [4.78, 5) is 4.85. The lowest BCUT2D eigenvalue weighted by atomic mass is 9.85. The normalized spacial score (nSPS) is 18.5. The zero-order chi connectivity index (χ0) is 19.6. The molecule has 1 fully saturated rings. The molecule has 28 heavy (non-hydrogen) atoms. The molecule has 6 nitrogen and oxygen atoms in total. The quantitative estimate of drug-likeness (QED) is 0.804. The minimum absolute atomic E-state index is 0.340. The number of anilines is 2. The molecule has 0 aromatic heterocycles. The van der Waals surface area contributed by atoms with E-state index in [0.717, 1.165) is 35.6 Å². The van der Waals surface area contributed by atoms with Crippen molar-refractivity contribution in [2.75, 3.05) is 23.8 Å². The molecule has 4 rings (SSSR count). The molecule has 2 aromatic carbocycles. The van der Waals surface area contributed by atoms with Gasteiger partial charge in [0.2, 0.25) is 0 Å². The number of amidine groups is 1. The number of halogens is 1. The van der Waals surface area contributed by atoms with Crippen molar-refractivity contribution >= 4 is 28.8 Å². The van der Waals surface area contributed by atoms with Crippen LogP contribution in [-0.2, 0) is 11.3 Å². The van der Waals surface area contributed by atoms with Gasteiger partial charge in [-0.1, -0.05) is 23.7 Å². The number of nitrogens with one attached hydrogen (secondary N) is 2. The van der Waals surface area contributed by atoms with Crippen molar-refractivity contribution < 1.29 is 4.74 Å². The van der Waals surface area contributed by atoms with Gasteiger partial charge >= 0.3 is 0 Å². The summed E-state index contributed by atoms with van der Waals surface area (Å²) in [5, 5.41) is 26.3. The fraction of sp³-hybridized carbons (Fsp3) is 0.286. The highest BCUT2D eigenvalue weighted by atomic mass is 35.5. The van der Waals surface area contributed by atoms with Crippen molar-refractivity contribution in [1.82, 2.24) is 0 Å². The number of fused-ring (bicyclic) bond motifs is 1. The summed E-state index contributed by atoms with van der Waals surface area (Å²) in [5.74, 6) is 0.817.